The van der Waals surface area contributed by atoms with Gasteiger partial charge in [-0.1, -0.05) is 0 Å². The molecule has 0 saturated carbocycles. The zero-order chi connectivity index (χ0) is 12.9. The van der Waals surface area contributed by atoms with Crippen molar-refractivity contribution in [3.05, 3.63) is 0 Å². The molecule has 0 spiro atoms. The van der Waals surface area contributed by atoms with Gasteiger partial charge in [0.2, 0.25) is 5.91 Å². The van der Waals surface area contributed by atoms with Crippen LogP contribution in [0.1, 0.15) is 39.0 Å². The SMILES string of the molecule is CC(N)CCCC(=O)NC1CCCS(=O)(=O)C1. The van der Waals surface area contributed by atoms with E-state index in [0.29, 0.717) is 12.8 Å². The molecule has 1 amide bonds. The van der Waals surface area contributed by atoms with E-state index in [1.54, 1.807) is 0 Å². The average molecular weight is 262 g/mol. The summed E-state index contributed by atoms with van der Waals surface area (Å²) in [5.74, 6) is 0.281. The predicted molar refractivity (Wildman–Crippen MR) is 67.3 cm³/mol. The fourth-order valence-corrected chi connectivity index (χ4v) is 3.66. The lowest BCUT2D eigenvalue weighted by molar-refractivity contribution is -0.121. The molecule has 2 atom stereocenters. The van der Waals surface area contributed by atoms with E-state index in [2.05, 4.69) is 5.32 Å². The van der Waals surface area contributed by atoms with Crippen molar-refractivity contribution in [1.82, 2.24) is 5.32 Å². The van der Waals surface area contributed by atoms with Crippen LogP contribution in [0.2, 0.25) is 0 Å². The first-order chi connectivity index (χ1) is 7.89. The standard InChI is InChI=1S/C11H22N2O3S/c1-9(12)4-2-6-11(14)13-10-5-3-7-17(15,16)8-10/h9-10H,2-8,12H2,1H3,(H,13,14). The number of carbonyl (C=O) groups is 1. The molecule has 100 valence electrons. The molecule has 0 bridgehead atoms. The molecule has 1 rings (SSSR count). The smallest absolute Gasteiger partial charge is 0.220 e. The van der Waals surface area contributed by atoms with Gasteiger partial charge in [0.25, 0.3) is 0 Å². The highest BCUT2D eigenvalue weighted by atomic mass is 32.2. The quantitative estimate of drug-likeness (QED) is 0.740. The van der Waals surface area contributed by atoms with Crippen molar-refractivity contribution in [2.45, 2.75) is 51.1 Å². The molecule has 0 radical (unpaired) electrons. The van der Waals surface area contributed by atoms with Gasteiger partial charge in [-0.05, 0) is 32.6 Å². The minimum absolute atomic E-state index is 0.0623. The van der Waals surface area contributed by atoms with Crippen LogP contribution in [0.5, 0.6) is 0 Å². The van der Waals surface area contributed by atoms with Crippen LogP contribution >= 0.6 is 0 Å². The minimum atomic E-state index is -2.95. The van der Waals surface area contributed by atoms with Crippen molar-refractivity contribution in [1.29, 1.82) is 0 Å². The van der Waals surface area contributed by atoms with Gasteiger partial charge in [0, 0.05) is 18.5 Å². The molecule has 1 aliphatic rings. The molecule has 5 nitrogen and oxygen atoms in total. The summed E-state index contributed by atoms with van der Waals surface area (Å²) < 4.78 is 22.8. The van der Waals surface area contributed by atoms with E-state index in [0.717, 1.165) is 19.3 Å². The Labute approximate surface area is 103 Å². The maximum atomic E-state index is 11.6. The van der Waals surface area contributed by atoms with Gasteiger partial charge in [0.05, 0.1) is 11.5 Å². The molecule has 6 heteroatoms. The van der Waals surface area contributed by atoms with Gasteiger partial charge in [0.1, 0.15) is 0 Å². The third-order valence-corrected chi connectivity index (χ3v) is 4.71. The second-order valence-corrected chi connectivity index (χ2v) is 7.12. The molecule has 1 fully saturated rings. The number of nitrogens with one attached hydrogen (secondary N) is 1. The molecule has 0 aromatic carbocycles. The van der Waals surface area contributed by atoms with Gasteiger partial charge in [-0.3, -0.25) is 4.79 Å². The van der Waals surface area contributed by atoms with E-state index >= 15 is 0 Å². The van der Waals surface area contributed by atoms with Crippen LogP contribution in [-0.4, -0.2) is 37.9 Å². The molecule has 3 N–H and O–H groups in total. The summed E-state index contributed by atoms with van der Waals surface area (Å²) in [6.45, 7) is 1.91. The first-order valence-corrected chi connectivity index (χ1v) is 7.96. The van der Waals surface area contributed by atoms with Crippen molar-refractivity contribution in [2.24, 2.45) is 5.73 Å². The van der Waals surface area contributed by atoms with Crippen LogP contribution in [0, 0.1) is 0 Å². The molecule has 1 heterocycles. The van der Waals surface area contributed by atoms with E-state index in [9.17, 15) is 13.2 Å². The first kappa shape index (κ1) is 14.4. The number of amides is 1. The minimum Gasteiger partial charge on any atom is -0.352 e. The topological polar surface area (TPSA) is 89.3 Å². The summed E-state index contributed by atoms with van der Waals surface area (Å²) in [5, 5.41) is 2.79. The van der Waals surface area contributed by atoms with Crippen LogP contribution in [-0.2, 0) is 14.6 Å². The molecule has 2 unspecified atom stereocenters. The maximum Gasteiger partial charge on any atom is 0.220 e. The van der Waals surface area contributed by atoms with Crippen molar-refractivity contribution >= 4 is 15.7 Å². The molecule has 17 heavy (non-hydrogen) atoms. The number of hydrogen-bond donors (Lipinski definition) is 2. The van der Waals surface area contributed by atoms with Crippen LogP contribution in [0.4, 0.5) is 0 Å². The van der Waals surface area contributed by atoms with Gasteiger partial charge >= 0.3 is 0 Å². The van der Waals surface area contributed by atoms with Crippen molar-refractivity contribution in [2.75, 3.05) is 11.5 Å². The summed E-state index contributed by atoms with van der Waals surface area (Å²) >= 11 is 0. The van der Waals surface area contributed by atoms with E-state index in [4.69, 9.17) is 5.73 Å². The maximum absolute atomic E-state index is 11.6. The van der Waals surface area contributed by atoms with Gasteiger partial charge in [-0.25, -0.2) is 8.42 Å². The zero-order valence-corrected chi connectivity index (χ0v) is 11.1. The second kappa shape index (κ2) is 6.35. The lowest BCUT2D eigenvalue weighted by Gasteiger charge is -2.23. The zero-order valence-electron chi connectivity index (χ0n) is 10.3. The van der Waals surface area contributed by atoms with E-state index < -0.39 is 9.84 Å². The molecule has 1 saturated heterocycles. The van der Waals surface area contributed by atoms with Crippen LogP contribution in [0.3, 0.4) is 0 Å². The Kier molecular flexibility index (Phi) is 5.39. The third-order valence-electron chi connectivity index (χ3n) is 2.89. The highest BCUT2D eigenvalue weighted by molar-refractivity contribution is 7.91. The number of hydrogen-bond acceptors (Lipinski definition) is 4. The number of nitrogens with two attached hydrogens (primary N) is 1. The number of rotatable bonds is 5. The van der Waals surface area contributed by atoms with Crippen molar-refractivity contribution in [3.63, 3.8) is 0 Å². The first-order valence-electron chi connectivity index (χ1n) is 6.14. The normalized spacial score (nSPS) is 25.2. The second-order valence-electron chi connectivity index (χ2n) is 4.89. The molecule has 0 aromatic rings. The molecular weight excluding hydrogens is 240 g/mol. The Bertz CT molecular complexity index is 352. The highest BCUT2D eigenvalue weighted by Gasteiger charge is 2.25. The predicted octanol–water partition coefficient (Wildman–Crippen LogP) is 0.197. The van der Waals surface area contributed by atoms with E-state index in [1.807, 2.05) is 6.92 Å². The molecular formula is C11H22N2O3S. The Morgan fingerprint density at radius 1 is 1.53 bits per heavy atom. The Morgan fingerprint density at radius 3 is 2.82 bits per heavy atom. The Morgan fingerprint density at radius 2 is 2.24 bits per heavy atom. The third kappa shape index (κ3) is 6.02. The van der Waals surface area contributed by atoms with E-state index in [1.165, 1.54) is 0 Å². The van der Waals surface area contributed by atoms with Gasteiger partial charge in [-0.15, -0.1) is 0 Å². The van der Waals surface area contributed by atoms with Gasteiger partial charge < -0.3 is 11.1 Å². The lowest BCUT2D eigenvalue weighted by Crippen LogP contribution is -2.43. The summed E-state index contributed by atoms with van der Waals surface area (Å²) in [5.41, 5.74) is 5.59. The summed E-state index contributed by atoms with van der Waals surface area (Å²) in [6, 6.07) is -0.0885. The lowest BCUT2D eigenvalue weighted by atomic mass is 10.1. The fourth-order valence-electron chi connectivity index (χ4n) is 2.02. The Hall–Kier alpha value is -0.620. The Balaban J connectivity index is 2.26. The fraction of sp³-hybridized carbons (Fsp3) is 0.909. The van der Waals surface area contributed by atoms with Crippen molar-refractivity contribution < 1.29 is 13.2 Å². The van der Waals surface area contributed by atoms with Crippen LogP contribution in [0.15, 0.2) is 0 Å². The molecule has 0 aliphatic carbocycles. The van der Waals surface area contributed by atoms with Crippen LogP contribution < -0.4 is 11.1 Å². The molecule has 1 aliphatic heterocycles. The average Bonchev–Trinajstić information content (AvgIpc) is 2.14. The van der Waals surface area contributed by atoms with Gasteiger partial charge in [0.15, 0.2) is 9.84 Å². The summed E-state index contributed by atoms with van der Waals surface area (Å²) in [4.78, 5) is 11.6. The summed E-state index contributed by atoms with van der Waals surface area (Å²) in [7, 11) is -2.95. The monoisotopic (exact) mass is 262 g/mol. The summed E-state index contributed by atoms with van der Waals surface area (Å²) in [6.07, 6.45) is 3.41. The van der Waals surface area contributed by atoms with Crippen LogP contribution in [0.25, 0.3) is 0 Å². The van der Waals surface area contributed by atoms with E-state index in [-0.39, 0.29) is 29.5 Å². The van der Waals surface area contributed by atoms with Gasteiger partial charge in [-0.2, -0.15) is 0 Å². The number of carbonyl (C=O) groups excluding carboxylic acids is 1. The number of sulfone groups is 1. The van der Waals surface area contributed by atoms with Crippen molar-refractivity contribution in [3.8, 4) is 0 Å². The molecule has 0 aromatic heterocycles. The highest BCUT2D eigenvalue weighted by Crippen LogP contribution is 2.12. The largest absolute Gasteiger partial charge is 0.352 e.